The molecule has 0 spiro atoms. The molecule has 0 amide bonds. The van der Waals surface area contributed by atoms with Gasteiger partial charge >= 0.3 is 5.97 Å². The minimum Gasteiger partial charge on any atom is -0.446 e. The van der Waals surface area contributed by atoms with E-state index in [4.69, 9.17) is 11.6 Å². The first-order valence-electron chi connectivity index (χ1n) is 4.07. The van der Waals surface area contributed by atoms with Crippen LogP contribution >= 0.6 is 11.6 Å². The van der Waals surface area contributed by atoms with Crippen LogP contribution in [0.1, 0.15) is 13.8 Å². The number of nitrogens with zero attached hydrogens (tertiary/aromatic N) is 1. The number of hydrogen-bond donors (Lipinski definition) is 0. The van der Waals surface area contributed by atoms with Crippen LogP contribution in [0, 0.1) is 0 Å². The predicted molar refractivity (Wildman–Crippen MR) is 53.7 cm³/mol. The van der Waals surface area contributed by atoms with Gasteiger partial charge in [-0.15, -0.1) is 0 Å². The molecule has 0 heterocycles. The van der Waals surface area contributed by atoms with Crippen molar-refractivity contribution in [1.29, 1.82) is 0 Å². The molecule has 1 unspecified atom stereocenters. The van der Waals surface area contributed by atoms with E-state index in [0.717, 1.165) is 0 Å². The number of rotatable bonds is 4. The van der Waals surface area contributed by atoms with Crippen LogP contribution in [-0.4, -0.2) is 37.1 Å². The van der Waals surface area contributed by atoms with Crippen LogP contribution < -0.4 is 0 Å². The molecule has 4 heteroatoms. The van der Waals surface area contributed by atoms with Gasteiger partial charge in [-0.25, -0.2) is 4.79 Å². The molecule has 0 bridgehead atoms. The summed E-state index contributed by atoms with van der Waals surface area (Å²) >= 11 is 5.26. The molecule has 76 valence electrons. The number of hydrogen-bond acceptors (Lipinski definition) is 3. The fourth-order valence-electron chi connectivity index (χ4n) is 0.742. The lowest BCUT2D eigenvalue weighted by atomic mass is 10.2. The van der Waals surface area contributed by atoms with Gasteiger partial charge in [-0.3, -0.25) is 0 Å². The minimum atomic E-state index is -0.358. The minimum absolute atomic E-state index is 0.0969. The third-order valence-electron chi connectivity index (χ3n) is 1.81. The maximum Gasteiger partial charge on any atom is 0.334 e. The number of carbonyl (C=O) groups excluding carboxylic acids is 1. The van der Waals surface area contributed by atoms with Crippen LogP contribution in [0.4, 0.5) is 0 Å². The Kier molecular flexibility index (Phi) is 5.75. The Morgan fingerprint density at radius 2 is 2.15 bits per heavy atom. The van der Waals surface area contributed by atoms with E-state index in [1.165, 1.54) is 0 Å². The molecule has 1 atom stereocenters. The van der Waals surface area contributed by atoms with Crippen molar-refractivity contribution in [2.24, 2.45) is 0 Å². The molecule has 3 nitrogen and oxygen atoms in total. The van der Waals surface area contributed by atoms with Gasteiger partial charge in [-0.1, -0.05) is 17.7 Å². The number of halogens is 1. The monoisotopic (exact) mass is 205 g/mol. The first kappa shape index (κ1) is 12.5. The zero-order valence-corrected chi connectivity index (χ0v) is 9.26. The van der Waals surface area contributed by atoms with Crippen LogP contribution in [0.5, 0.6) is 0 Å². The highest BCUT2D eigenvalue weighted by atomic mass is 35.5. The Balaban J connectivity index is 4.22. The van der Waals surface area contributed by atoms with Gasteiger partial charge in [0.15, 0.2) is 6.07 Å². The van der Waals surface area contributed by atoms with Crippen LogP contribution in [-0.2, 0) is 9.53 Å². The lowest BCUT2D eigenvalue weighted by Crippen LogP contribution is -2.23. The van der Waals surface area contributed by atoms with Gasteiger partial charge in [0.05, 0.1) is 0 Å². The lowest BCUT2D eigenvalue weighted by Gasteiger charge is -2.16. The molecule has 0 fully saturated rings. The van der Waals surface area contributed by atoms with E-state index >= 15 is 0 Å². The van der Waals surface area contributed by atoms with E-state index in [1.54, 1.807) is 6.92 Å². The number of ether oxygens (including phenoxy) is 1. The predicted octanol–water partition coefficient (Wildman–Crippen LogP) is 1.62. The second-order valence-electron chi connectivity index (χ2n) is 3.09. The van der Waals surface area contributed by atoms with Gasteiger partial charge in [0, 0.05) is 11.6 Å². The van der Waals surface area contributed by atoms with Crippen LogP contribution in [0.2, 0.25) is 0 Å². The second kappa shape index (κ2) is 6.00. The number of alkyl halides is 1. The fourth-order valence-corrected chi connectivity index (χ4v) is 0.841. The fraction of sp³-hybridized carbons (Fsp3) is 0.667. The molecule has 0 aromatic heterocycles. The molecule has 0 saturated carbocycles. The van der Waals surface area contributed by atoms with Gasteiger partial charge in [0.2, 0.25) is 0 Å². The number of esters is 1. The molecule has 0 N–H and O–H groups in total. The van der Waals surface area contributed by atoms with Crippen LogP contribution in [0.25, 0.3) is 0 Å². The Hall–Kier alpha value is -0.540. The van der Waals surface area contributed by atoms with Crippen molar-refractivity contribution in [2.45, 2.75) is 19.9 Å². The maximum atomic E-state index is 11.1. The summed E-state index contributed by atoms with van der Waals surface area (Å²) < 4.78 is 4.62. The SMILES string of the molecule is CC(=CC(C)N(C)C)C(=O)OCCl. The summed E-state index contributed by atoms with van der Waals surface area (Å²) in [5.41, 5.74) is 0.585. The third kappa shape index (κ3) is 4.90. The molecule has 0 aromatic rings. The van der Waals surface area contributed by atoms with Gasteiger partial charge in [0.1, 0.15) is 0 Å². The average Bonchev–Trinajstić information content (AvgIpc) is 2.04. The van der Waals surface area contributed by atoms with E-state index in [-0.39, 0.29) is 18.1 Å². The van der Waals surface area contributed by atoms with Gasteiger partial charge in [-0.2, -0.15) is 0 Å². The smallest absolute Gasteiger partial charge is 0.334 e. The average molecular weight is 206 g/mol. The molecule has 0 aliphatic heterocycles. The molecular formula is C9H16ClNO2. The Morgan fingerprint density at radius 3 is 2.54 bits per heavy atom. The van der Waals surface area contributed by atoms with Crippen molar-refractivity contribution in [1.82, 2.24) is 4.90 Å². The quantitative estimate of drug-likeness (QED) is 0.397. The van der Waals surface area contributed by atoms with Gasteiger partial charge in [-0.05, 0) is 27.9 Å². The standard InChI is InChI=1S/C9H16ClNO2/c1-7(9(12)13-6-10)5-8(2)11(3)4/h5,8H,6H2,1-4H3. The topological polar surface area (TPSA) is 29.5 Å². The van der Waals surface area contributed by atoms with Crippen molar-refractivity contribution in [3.05, 3.63) is 11.6 Å². The van der Waals surface area contributed by atoms with Gasteiger partial charge in [0.25, 0.3) is 0 Å². The molecule has 0 aromatic carbocycles. The van der Waals surface area contributed by atoms with Crippen molar-refractivity contribution in [3.8, 4) is 0 Å². The van der Waals surface area contributed by atoms with Crippen molar-refractivity contribution < 1.29 is 9.53 Å². The zero-order chi connectivity index (χ0) is 10.4. The molecule has 0 saturated heterocycles. The molecule has 0 rings (SSSR count). The Bertz CT molecular complexity index is 202. The summed E-state index contributed by atoms with van der Waals surface area (Å²) in [7, 11) is 3.89. The van der Waals surface area contributed by atoms with Crippen LogP contribution in [0.15, 0.2) is 11.6 Å². The molecule has 0 radical (unpaired) electrons. The summed E-state index contributed by atoms with van der Waals surface area (Å²) in [6.07, 6.45) is 1.84. The first-order valence-corrected chi connectivity index (χ1v) is 4.60. The lowest BCUT2D eigenvalue weighted by molar-refractivity contribution is -0.137. The summed E-state index contributed by atoms with van der Waals surface area (Å²) in [5.74, 6) is -0.358. The Labute approximate surface area is 84.3 Å². The number of likely N-dealkylation sites (N-methyl/N-ethyl adjacent to an activating group) is 1. The summed E-state index contributed by atoms with van der Waals surface area (Å²) in [6.45, 7) is 3.71. The molecule has 13 heavy (non-hydrogen) atoms. The number of carbonyl (C=O) groups is 1. The second-order valence-corrected chi connectivity index (χ2v) is 3.31. The summed E-state index contributed by atoms with van der Waals surface area (Å²) in [6, 6.07) is 0.114. The van der Waals surface area contributed by atoms with E-state index in [1.807, 2.05) is 32.0 Å². The highest BCUT2D eigenvalue weighted by molar-refractivity contribution is 6.17. The highest BCUT2D eigenvalue weighted by Gasteiger charge is 2.07. The highest BCUT2D eigenvalue weighted by Crippen LogP contribution is 2.02. The first-order chi connectivity index (χ1) is 5.99. The van der Waals surface area contributed by atoms with Crippen molar-refractivity contribution in [2.75, 3.05) is 20.2 Å². The zero-order valence-electron chi connectivity index (χ0n) is 8.50. The largest absolute Gasteiger partial charge is 0.446 e. The molecular weight excluding hydrogens is 190 g/mol. The van der Waals surface area contributed by atoms with Crippen molar-refractivity contribution in [3.63, 3.8) is 0 Å². The maximum absolute atomic E-state index is 11.1. The Morgan fingerprint density at radius 1 is 1.62 bits per heavy atom. The summed E-state index contributed by atoms with van der Waals surface area (Å²) in [4.78, 5) is 13.1. The molecule has 0 aliphatic carbocycles. The molecule has 0 aliphatic rings. The van der Waals surface area contributed by atoms with E-state index in [9.17, 15) is 4.79 Å². The van der Waals surface area contributed by atoms with E-state index < -0.39 is 0 Å². The summed E-state index contributed by atoms with van der Waals surface area (Å²) in [5, 5.41) is 0. The van der Waals surface area contributed by atoms with Crippen LogP contribution in [0.3, 0.4) is 0 Å². The van der Waals surface area contributed by atoms with E-state index in [0.29, 0.717) is 5.57 Å². The van der Waals surface area contributed by atoms with E-state index in [2.05, 4.69) is 4.74 Å². The normalized spacial score (nSPS) is 14.5. The van der Waals surface area contributed by atoms with Gasteiger partial charge < -0.3 is 9.64 Å². The third-order valence-corrected chi connectivity index (χ3v) is 1.92. The van der Waals surface area contributed by atoms with Crippen molar-refractivity contribution >= 4 is 17.6 Å².